The van der Waals surface area contributed by atoms with Crippen LogP contribution in [0.15, 0.2) is 42.1 Å². The molecule has 1 aliphatic heterocycles. The molecule has 0 atom stereocenters. The van der Waals surface area contributed by atoms with Gasteiger partial charge in [0.2, 0.25) is 5.91 Å². The van der Waals surface area contributed by atoms with E-state index in [1.807, 2.05) is 18.2 Å². The first-order valence-corrected chi connectivity index (χ1v) is 6.56. The van der Waals surface area contributed by atoms with Gasteiger partial charge in [-0.1, -0.05) is 30.3 Å². The van der Waals surface area contributed by atoms with E-state index < -0.39 is 0 Å². The molecule has 1 saturated heterocycles. The first kappa shape index (κ1) is 13.3. The second kappa shape index (κ2) is 6.73. The Bertz CT molecular complexity index is 480. The molecule has 19 heavy (non-hydrogen) atoms. The van der Waals surface area contributed by atoms with E-state index in [1.54, 1.807) is 0 Å². The zero-order valence-electron chi connectivity index (χ0n) is 10.8. The molecule has 0 bridgehead atoms. The van der Waals surface area contributed by atoms with E-state index in [0.717, 1.165) is 19.3 Å². The number of hydrogen-bond acceptors (Lipinski definition) is 2. The molecule has 1 aromatic carbocycles. The van der Waals surface area contributed by atoms with Crippen LogP contribution in [0.2, 0.25) is 0 Å². The van der Waals surface area contributed by atoms with Crippen molar-refractivity contribution in [1.82, 2.24) is 10.6 Å². The number of aryl methyl sites for hydroxylation is 1. The molecule has 0 spiro atoms. The van der Waals surface area contributed by atoms with E-state index in [4.69, 9.17) is 0 Å². The lowest BCUT2D eigenvalue weighted by Gasteiger charge is -2.17. The fourth-order valence-corrected chi connectivity index (χ4v) is 1.88. The Balaban J connectivity index is 1.59. The SMILES string of the molecule is O=C(CCCCc1ccccc1)NC=C1CNC1=O. The normalized spacial score (nSPS) is 15.8. The van der Waals surface area contributed by atoms with Crippen LogP contribution in [0.5, 0.6) is 0 Å². The molecule has 0 aromatic heterocycles. The fourth-order valence-electron chi connectivity index (χ4n) is 1.88. The van der Waals surface area contributed by atoms with Crippen molar-refractivity contribution in [3.8, 4) is 0 Å². The summed E-state index contributed by atoms with van der Waals surface area (Å²) >= 11 is 0. The maximum atomic E-state index is 11.5. The third-order valence-corrected chi connectivity index (χ3v) is 3.10. The van der Waals surface area contributed by atoms with E-state index in [1.165, 1.54) is 11.8 Å². The highest BCUT2D eigenvalue weighted by Crippen LogP contribution is 2.06. The Morgan fingerprint density at radius 3 is 2.68 bits per heavy atom. The summed E-state index contributed by atoms with van der Waals surface area (Å²) in [5.41, 5.74) is 1.94. The van der Waals surface area contributed by atoms with Gasteiger partial charge in [-0.05, 0) is 24.8 Å². The monoisotopic (exact) mass is 258 g/mol. The van der Waals surface area contributed by atoms with E-state index in [-0.39, 0.29) is 11.8 Å². The fraction of sp³-hybridized carbons (Fsp3) is 0.333. The zero-order chi connectivity index (χ0) is 13.5. The third-order valence-electron chi connectivity index (χ3n) is 3.10. The van der Waals surface area contributed by atoms with Crippen LogP contribution in [0.25, 0.3) is 0 Å². The van der Waals surface area contributed by atoms with Gasteiger partial charge in [0, 0.05) is 19.2 Å². The number of β-lactam (4-membered cyclic amide) rings is 1. The minimum Gasteiger partial charge on any atom is -0.348 e. The van der Waals surface area contributed by atoms with Crippen LogP contribution in [-0.4, -0.2) is 18.4 Å². The molecule has 1 fully saturated rings. The largest absolute Gasteiger partial charge is 0.348 e. The van der Waals surface area contributed by atoms with Crippen molar-refractivity contribution in [2.75, 3.05) is 6.54 Å². The molecule has 0 saturated carbocycles. The second-order valence-electron chi connectivity index (χ2n) is 4.61. The van der Waals surface area contributed by atoms with Gasteiger partial charge in [-0.3, -0.25) is 9.59 Å². The number of unbranched alkanes of at least 4 members (excludes halogenated alkanes) is 1. The predicted octanol–water partition coefficient (Wildman–Crippen LogP) is 1.53. The van der Waals surface area contributed by atoms with Gasteiger partial charge in [0.15, 0.2) is 0 Å². The van der Waals surface area contributed by atoms with E-state index in [0.29, 0.717) is 18.5 Å². The average Bonchev–Trinajstić information content (AvgIpc) is 2.43. The topological polar surface area (TPSA) is 58.2 Å². The molecule has 100 valence electrons. The molecule has 4 nitrogen and oxygen atoms in total. The lowest BCUT2D eigenvalue weighted by Crippen LogP contribution is -2.42. The minimum absolute atomic E-state index is 0.0275. The van der Waals surface area contributed by atoms with Crippen LogP contribution in [-0.2, 0) is 16.0 Å². The molecule has 2 rings (SSSR count). The molecule has 0 aliphatic carbocycles. The van der Waals surface area contributed by atoms with Crippen LogP contribution < -0.4 is 10.6 Å². The summed E-state index contributed by atoms with van der Waals surface area (Å²) in [6, 6.07) is 10.2. The Morgan fingerprint density at radius 2 is 2.05 bits per heavy atom. The molecule has 2 amide bonds. The summed E-state index contributed by atoms with van der Waals surface area (Å²) in [6.07, 6.45) is 4.86. The summed E-state index contributed by atoms with van der Waals surface area (Å²) in [5.74, 6) is -0.121. The van der Waals surface area contributed by atoms with Crippen molar-refractivity contribution < 1.29 is 9.59 Å². The van der Waals surface area contributed by atoms with Gasteiger partial charge in [0.1, 0.15) is 0 Å². The van der Waals surface area contributed by atoms with Gasteiger partial charge in [-0.25, -0.2) is 0 Å². The summed E-state index contributed by atoms with van der Waals surface area (Å²) in [5, 5.41) is 5.25. The molecule has 1 heterocycles. The number of nitrogens with one attached hydrogen (secondary N) is 2. The highest BCUT2D eigenvalue weighted by Gasteiger charge is 2.18. The molecular weight excluding hydrogens is 240 g/mol. The lowest BCUT2D eigenvalue weighted by atomic mass is 10.1. The smallest absolute Gasteiger partial charge is 0.250 e. The van der Waals surface area contributed by atoms with Gasteiger partial charge in [0.25, 0.3) is 5.91 Å². The van der Waals surface area contributed by atoms with E-state index in [2.05, 4.69) is 22.8 Å². The van der Waals surface area contributed by atoms with Crippen molar-refractivity contribution in [3.63, 3.8) is 0 Å². The van der Waals surface area contributed by atoms with Gasteiger partial charge in [0.05, 0.1) is 5.57 Å². The van der Waals surface area contributed by atoms with Crippen LogP contribution in [0.1, 0.15) is 24.8 Å². The first-order chi connectivity index (χ1) is 9.25. The highest BCUT2D eigenvalue weighted by atomic mass is 16.2. The summed E-state index contributed by atoms with van der Waals surface area (Å²) < 4.78 is 0. The number of hydrogen-bond donors (Lipinski definition) is 2. The molecule has 2 N–H and O–H groups in total. The van der Waals surface area contributed by atoms with Crippen molar-refractivity contribution in [2.45, 2.75) is 25.7 Å². The van der Waals surface area contributed by atoms with Crippen LogP contribution in [0.3, 0.4) is 0 Å². The van der Waals surface area contributed by atoms with E-state index in [9.17, 15) is 9.59 Å². The number of benzene rings is 1. The summed E-state index contributed by atoms with van der Waals surface area (Å²) in [6.45, 7) is 0.549. The van der Waals surface area contributed by atoms with Gasteiger partial charge < -0.3 is 10.6 Å². The van der Waals surface area contributed by atoms with Crippen molar-refractivity contribution in [1.29, 1.82) is 0 Å². The zero-order valence-corrected chi connectivity index (χ0v) is 10.8. The number of amides is 2. The Labute approximate surface area is 112 Å². The molecule has 1 aromatic rings. The molecular formula is C15H18N2O2. The second-order valence-corrected chi connectivity index (χ2v) is 4.61. The molecule has 1 aliphatic rings. The maximum absolute atomic E-state index is 11.5. The van der Waals surface area contributed by atoms with Crippen LogP contribution >= 0.6 is 0 Å². The maximum Gasteiger partial charge on any atom is 0.250 e. The molecule has 0 unspecified atom stereocenters. The quantitative estimate of drug-likeness (QED) is 0.462. The Hall–Kier alpha value is -2.10. The first-order valence-electron chi connectivity index (χ1n) is 6.56. The standard InChI is InChI=1S/C15H18N2O2/c18-14(16-10-13-11-17-15(13)19)9-5-4-8-12-6-2-1-3-7-12/h1-3,6-7,10H,4-5,8-9,11H2,(H,16,18)(H,17,19). The van der Waals surface area contributed by atoms with Crippen molar-refractivity contribution in [2.24, 2.45) is 0 Å². The van der Waals surface area contributed by atoms with Gasteiger partial charge in [-0.2, -0.15) is 0 Å². The summed E-state index contributed by atoms with van der Waals surface area (Å²) in [4.78, 5) is 22.4. The van der Waals surface area contributed by atoms with Crippen LogP contribution in [0.4, 0.5) is 0 Å². The third kappa shape index (κ3) is 4.25. The van der Waals surface area contributed by atoms with Crippen LogP contribution in [0, 0.1) is 0 Å². The number of rotatable bonds is 6. The lowest BCUT2D eigenvalue weighted by molar-refractivity contribution is -0.120. The number of carbonyl (C=O) groups excluding carboxylic acids is 2. The van der Waals surface area contributed by atoms with Gasteiger partial charge in [-0.15, -0.1) is 0 Å². The minimum atomic E-state index is -0.0932. The number of carbonyl (C=O) groups is 2. The van der Waals surface area contributed by atoms with E-state index >= 15 is 0 Å². The molecule has 4 heteroatoms. The molecule has 0 radical (unpaired) electrons. The van der Waals surface area contributed by atoms with Crippen molar-refractivity contribution >= 4 is 11.8 Å². The predicted molar refractivity (Wildman–Crippen MR) is 73.2 cm³/mol. The van der Waals surface area contributed by atoms with Crippen molar-refractivity contribution in [3.05, 3.63) is 47.7 Å². The Kier molecular flexibility index (Phi) is 4.72. The Morgan fingerprint density at radius 1 is 1.26 bits per heavy atom. The average molecular weight is 258 g/mol. The summed E-state index contributed by atoms with van der Waals surface area (Å²) in [7, 11) is 0. The van der Waals surface area contributed by atoms with Gasteiger partial charge >= 0.3 is 0 Å². The highest BCUT2D eigenvalue weighted by molar-refractivity contribution is 6.00.